The van der Waals surface area contributed by atoms with Crippen LogP contribution in [-0.2, 0) is 6.42 Å². The molecule has 0 aliphatic carbocycles. The molecule has 0 atom stereocenters. The van der Waals surface area contributed by atoms with Crippen molar-refractivity contribution in [2.45, 2.75) is 34.1 Å². The molecule has 0 unspecified atom stereocenters. The molecule has 0 saturated heterocycles. The van der Waals surface area contributed by atoms with E-state index in [-0.39, 0.29) is 11.7 Å². The topological polar surface area (TPSA) is 17.1 Å². The smallest absolute Gasteiger partial charge is 0.175 e. The van der Waals surface area contributed by atoms with Gasteiger partial charge in [0.2, 0.25) is 0 Å². The van der Waals surface area contributed by atoms with E-state index in [0.29, 0.717) is 0 Å². The zero-order valence-corrected chi connectivity index (χ0v) is 9.49. The molecular weight excluding hydrogens is 180 g/mol. The molecule has 1 rings (SSSR count). The van der Waals surface area contributed by atoms with Crippen molar-refractivity contribution < 1.29 is 4.79 Å². The molecule has 0 N–H and O–H groups in total. The lowest BCUT2D eigenvalue weighted by molar-refractivity contribution is 0.0942. The van der Waals surface area contributed by atoms with E-state index in [1.54, 1.807) is 11.3 Å². The monoisotopic (exact) mass is 196 g/mol. The summed E-state index contributed by atoms with van der Waals surface area (Å²) in [5, 5.41) is 0. The Morgan fingerprint density at radius 3 is 2.62 bits per heavy atom. The SMILES string of the molecule is CCc1cc(C)sc1C(=O)C(C)C. The average molecular weight is 196 g/mol. The molecule has 1 nitrogen and oxygen atoms in total. The highest BCUT2D eigenvalue weighted by Gasteiger charge is 2.16. The van der Waals surface area contributed by atoms with Crippen LogP contribution in [0.5, 0.6) is 0 Å². The first-order valence-corrected chi connectivity index (χ1v) is 5.51. The zero-order chi connectivity index (χ0) is 10.0. The van der Waals surface area contributed by atoms with Gasteiger partial charge in [0.15, 0.2) is 5.78 Å². The van der Waals surface area contributed by atoms with E-state index in [1.165, 1.54) is 10.4 Å². The molecular formula is C11H16OS. The quantitative estimate of drug-likeness (QED) is 0.677. The largest absolute Gasteiger partial charge is 0.293 e. The Labute approximate surface area is 83.8 Å². The standard InChI is InChI=1S/C11H16OS/c1-5-9-6-8(4)13-11(9)10(12)7(2)3/h6-7H,5H2,1-4H3. The molecule has 1 heterocycles. The van der Waals surface area contributed by atoms with Crippen LogP contribution in [0.15, 0.2) is 6.07 Å². The Morgan fingerprint density at radius 2 is 2.15 bits per heavy atom. The van der Waals surface area contributed by atoms with Crippen molar-refractivity contribution in [3.63, 3.8) is 0 Å². The van der Waals surface area contributed by atoms with E-state index in [2.05, 4.69) is 19.9 Å². The zero-order valence-electron chi connectivity index (χ0n) is 8.68. The highest BCUT2D eigenvalue weighted by molar-refractivity contribution is 7.14. The Balaban J connectivity index is 3.05. The summed E-state index contributed by atoms with van der Waals surface area (Å²) in [5.74, 6) is 0.401. The molecule has 2 heteroatoms. The second-order valence-corrected chi connectivity index (χ2v) is 4.84. The van der Waals surface area contributed by atoms with Gasteiger partial charge in [-0.1, -0.05) is 20.8 Å². The van der Waals surface area contributed by atoms with E-state index >= 15 is 0 Å². The predicted octanol–water partition coefficient (Wildman–Crippen LogP) is 3.46. The third-order valence-electron chi connectivity index (χ3n) is 2.06. The maximum Gasteiger partial charge on any atom is 0.175 e. The highest BCUT2D eigenvalue weighted by atomic mass is 32.1. The summed E-state index contributed by atoms with van der Waals surface area (Å²) in [5.41, 5.74) is 1.21. The van der Waals surface area contributed by atoms with Crippen molar-refractivity contribution in [1.29, 1.82) is 0 Å². The predicted molar refractivity (Wildman–Crippen MR) is 57.6 cm³/mol. The Morgan fingerprint density at radius 1 is 1.54 bits per heavy atom. The molecule has 0 spiro atoms. The summed E-state index contributed by atoms with van der Waals surface area (Å²) in [6, 6.07) is 2.13. The molecule has 0 radical (unpaired) electrons. The molecule has 0 amide bonds. The molecule has 72 valence electrons. The summed E-state index contributed by atoms with van der Waals surface area (Å²) < 4.78 is 0. The van der Waals surface area contributed by atoms with Crippen molar-refractivity contribution >= 4 is 17.1 Å². The van der Waals surface area contributed by atoms with Crippen LogP contribution in [0, 0.1) is 12.8 Å². The van der Waals surface area contributed by atoms with Gasteiger partial charge in [-0.2, -0.15) is 0 Å². The number of aryl methyl sites for hydroxylation is 2. The second-order valence-electron chi connectivity index (χ2n) is 3.58. The van der Waals surface area contributed by atoms with E-state index in [4.69, 9.17) is 0 Å². The molecule has 0 aliphatic rings. The van der Waals surface area contributed by atoms with Gasteiger partial charge in [-0.3, -0.25) is 4.79 Å². The van der Waals surface area contributed by atoms with Gasteiger partial charge in [0.05, 0.1) is 4.88 Å². The molecule has 1 aromatic heterocycles. The third-order valence-corrected chi connectivity index (χ3v) is 3.17. The van der Waals surface area contributed by atoms with Crippen LogP contribution in [0.2, 0.25) is 0 Å². The summed E-state index contributed by atoms with van der Waals surface area (Å²) in [7, 11) is 0. The molecule has 0 bridgehead atoms. The third kappa shape index (κ3) is 2.19. The molecule has 0 aromatic carbocycles. The van der Waals surface area contributed by atoms with Crippen molar-refractivity contribution in [2.75, 3.05) is 0 Å². The normalized spacial score (nSPS) is 10.8. The van der Waals surface area contributed by atoms with Crippen LogP contribution in [0.3, 0.4) is 0 Å². The van der Waals surface area contributed by atoms with E-state index in [1.807, 2.05) is 13.8 Å². The van der Waals surface area contributed by atoms with Crippen LogP contribution >= 0.6 is 11.3 Å². The van der Waals surface area contributed by atoms with Gasteiger partial charge in [0.1, 0.15) is 0 Å². The van der Waals surface area contributed by atoms with Crippen molar-refractivity contribution in [1.82, 2.24) is 0 Å². The van der Waals surface area contributed by atoms with Gasteiger partial charge < -0.3 is 0 Å². The fourth-order valence-corrected chi connectivity index (χ4v) is 2.49. The van der Waals surface area contributed by atoms with E-state index in [9.17, 15) is 4.79 Å². The lowest BCUT2D eigenvalue weighted by Crippen LogP contribution is -2.07. The number of carbonyl (C=O) groups is 1. The van der Waals surface area contributed by atoms with Crippen molar-refractivity contribution in [3.05, 3.63) is 21.4 Å². The van der Waals surface area contributed by atoms with Gasteiger partial charge in [-0.15, -0.1) is 11.3 Å². The number of thiophene rings is 1. The molecule has 1 aromatic rings. The van der Waals surface area contributed by atoms with Crippen molar-refractivity contribution in [2.24, 2.45) is 5.92 Å². The number of hydrogen-bond acceptors (Lipinski definition) is 2. The second kappa shape index (κ2) is 4.05. The molecule has 0 saturated carbocycles. The first-order chi connectivity index (χ1) is 6.06. The minimum atomic E-state index is 0.114. The van der Waals surface area contributed by atoms with Gasteiger partial charge in [0.25, 0.3) is 0 Å². The van der Waals surface area contributed by atoms with E-state index in [0.717, 1.165) is 11.3 Å². The highest BCUT2D eigenvalue weighted by Crippen LogP contribution is 2.24. The maximum absolute atomic E-state index is 11.7. The van der Waals surface area contributed by atoms with Gasteiger partial charge >= 0.3 is 0 Å². The fraction of sp³-hybridized carbons (Fsp3) is 0.545. The van der Waals surface area contributed by atoms with Gasteiger partial charge in [-0.05, 0) is 25.0 Å². The van der Waals surface area contributed by atoms with Crippen LogP contribution in [0.4, 0.5) is 0 Å². The first kappa shape index (κ1) is 10.5. The number of hydrogen-bond donors (Lipinski definition) is 0. The van der Waals surface area contributed by atoms with Crippen LogP contribution < -0.4 is 0 Å². The van der Waals surface area contributed by atoms with Crippen LogP contribution in [-0.4, -0.2) is 5.78 Å². The number of rotatable bonds is 3. The summed E-state index contributed by atoms with van der Waals surface area (Å²) in [6.07, 6.45) is 0.956. The number of Topliss-reactive ketones (excluding diaryl/α,β-unsaturated/α-hetero) is 1. The van der Waals surface area contributed by atoms with Crippen LogP contribution in [0.25, 0.3) is 0 Å². The molecule has 0 fully saturated rings. The van der Waals surface area contributed by atoms with Gasteiger partial charge in [-0.25, -0.2) is 0 Å². The minimum Gasteiger partial charge on any atom is -0.293 e. The van der Waals surface area contributed by atoms with Gasteiger partial charge in [0, 0.05) is 10.8 Å². The van der Waals surface area contributed by atoms with Crippen LogP contribution in [0.1, 0.15) is 40.9 Å². The summed E-state index contributed by atoms with van der Waals surface area (Å²) >= 11 is 1.63. The lowest BCUT2D eigenvalue weighted by Gasteiger charge is -2.02. The van der Waals surface area contributed by atoms with E-state index < -0.39 is 0 Å². The average Bonchev–Trinajstić information content (AvgIpc) is 2.45. The summed E-state index contributed by atoms with van der Waals surface area (Å²) in [4.78, 5) is 14.0. The molecule has 0 aliphatic heterocycles. The fourth-order valence-electron chi connectivity index (χ4n) is 1.30. The molecule has 13 heavy (non-hydrogen) atoms. The number of ketones is 1. The van der Waals surface area contributed by atoms with Crippen molar-refractivity contribution in [3.8, 4) is 0 Å². The summed E-state index contributed by atoms with van der Waals surface area (Å²) in [6.45, 7) is 8.06. The Kier molecular flexibility index (Phi) is 3.26. The lowest BCUT2D eigenvalue weighted by atomic mass is 10.0. The Bertz CT molecular complexity index is 310. The Hall–Kier alpha value is -0.630. The maximum atomic E-state index is 11.7. The minimum absolute atomic E-state index is 0.114. The number of carbonyl (C=O) groups excluding carboxylic acids is 1. The first-order valence-electron chi connectivity index (χ1n) is 4.69.